The summed E-state index contributed by atoms with van der Waals surface area (Å²) in [5, 5.41) is 0. The summed E-state index contributed by atoms with van der Waals surface area (Å²) in [7, 11) is 0. The van der Waals surface area contributed by atoms with Gasteiger partial charge in [0, 0.05) is 10.0 Å². The van der Waals surface area contributed by atoms with Gasteiger partial charge >= 0.3 is 0 Å². The minimum Gasteiger partial charge on any atom is -0.298 e. The van der Waals surface area contributed by atoms with Crippen LogP contribution in [0.3, 0.4) is 0 Å². The molecule has 4 heteroatoms. The summed E-state index contributed by atoms with van der Waals surface area (Å²) in [6, 6.07) is 2.34. The average molecular weight is 245 g/mol. The van der Waals surface area contributed by atoms with E-state index in [1.165, 1.54) is 13.0 Å². The minimum absolute atomic E-state index is 0.0162. The van der Waals surface area contributed by atoms with Gasteiger partial charge in [-0.15, -0.1) is 0 Å². The van der Waals surface area contributed by atoms with Gasteiger partial charge < -0.3 is 0 Å². The lowest BCUT2D eigenvalue weighted by molar-refractivity contribution is 0.101. The standard InChI is InChI=1S/C9H6BrFO2/c1-5(13)7-3-8(10)6(4-12)2-9(7)11/h2-4H,1H3. The highest BCUT2D eigenvalue weighted by Gasteiger charge is 2.10. The number of hydrogen-bond acceptors (Lipinski definition) is 2. The number of aldehydes is 1. The Morgan fingerprint density at radius 1 is 1.54 bits per heavy atom. The normalized spacial score (nSPS) is 9.77. The van der Waals surface area contributed by atoms with E-state index in [-0.39, 0.29) is 16.9 Å². The smallest absolute Gasteiger partial charge is 0.162 e. The number of Topliss-reactive ketones (excluding diaryl/α,β-unsaturated/α-hetero) is 1. The highest BCUT2D eigenvalue weighted by molar-refractivity contribution is 9.10. The van der Waals surface area contributed by atoms with Crippen LogP contribution in [-0.4, -0.2) is 12.1 Å². The maximum absolute atomic E-state index is 13.1. The summed E-state index contributed by atoms with van der Waals surface area (Å²) in [4.78, 5) is 21.2. The lowest BCUT2D eigenvalue weighted by Crippen LogP contribution is -1.99. The number of ketones is 1. The van der Waals surface area contributed by atoms with Crippen molar-refractivity contribution < 1.29 is 14.0 Å². The highest BCUT2D eigenvalue weighted by atomic mass is 79.9. The van der Waals surface area contributed by atoms with Crippen molar-refractivity contribution >= 4 is 28.0 Å². The molecule has 1 aromatic rings. The van der Waals surface area contributed by atoms with Gasteiger partial charge in [-0.2, -0.15) is 0 Å². The molecule has 1 aromatic carbocycles. The molecule has 0 heterocycles. The number of benzene rings is 1. The zero-order valence-corrected chi connectivity index (χ0v) is 8.39. The Morgan fingerprint density at radius 2 is 2.15 bits per heavy atom. The van der Waals surface area contributed by atoms with E-state index in [0.29, 0.717) is 10.8 Å². The molecule has 0 amide bonds. The number of rotatable bonds is 2. The first-order valence-corrected chi connectivity index (χ1v) is 4.30. The first kappa shape index (κ1) is 10.1. The largest absolute Gasteiger partial charge is 0.298 e. The first-order valence-electron chi connectivity index (χ1n) is 3.51. The molecular formula is C9H6BrFO2. The fourth-order valence-corrected chi connectivity index (χ4v) is 1.36. The van der Waals surface area contributed by atoms with Crippen LogP contribution in [-0.2, 0) is 0 Å². The zero-order chi connectivity index (χ0) is 10.0. The fraction of sp³-hybridized carbons (Fsp3) is 0.111. The summed E-state index contributed by atoms with van der Waals surface area (Å²) < 4.78 is 13.5. The van der Waals surface area contributed by atoms with Crippen LogP contribution in [0.2, 0.25) is 0 Å². The average Bonchev–Trinajstić information content (AvgIpc) is 2.07. The Bertz CT molecular complexity index is 374. The van der Waals surface area contributed by atoms with E-state index in [9.17, 15) is 14.0 Å². The summed E-state index contributed by atoms with van der Waals surface area (Å²) in [5.41, 5.74) is 0.181. The summed E-state index contributed by atoms with van der Waals surface area (Å²) in [6.45, 7) is 1.27. The van der Waals surface area contributed by atoms with Gasteiger partial charge in [0.05, 0.1) is 5.56 Å². The van der Waals surface area contributed by atoms with Crippen molar-refractivity contribution in [1.29, 1.82) is 0 Å². The van der Waals surface area contributed by atoms with E-state index < -0.39 is 5.82 Å². The van der Waals surface area contributed by atoms with Crippen molar-refractivity contribution in [3.05, 3.63) is 33.5 Å². The number of hydrogen-bond donors (Lipinski definition) is 0. The SMILES string of the molecule is CC(=O)c1cc(Br)c(C=O)cc1F. The van der Waals surface area contributed by atoms with Crippen molar-refractivity contribution in [1.82, 2.24) is 0 Å². The molecule has 0 radical (unpaired) electrons. The minimum atomic E-state index is -0.669. The third-order valence-corrected chi connectivity index (χ3v) is 2.28. The third-order valence-electron chi connectivity index (χ3n) is 1.59. The molecular weight excluding hydrogens is 239 g/mol. The summed E-state index contributed by atoms with van der Waals surface area (Å²) in [5.74, 6) is -1.03. The Morgan fingerprint density at radius 3 is 2.62 bits per heavy atom. The highest BCUT2D eigenvalue weighted by Crippen LogP contribution is 2.20. The maximum Gasteiger partial charge on any atom is 0.162 e. The van der Waals surface area contributed by atoms with Gasteiger partial charge in [0.2, 0.25) is 0 Å². The van der Waals surface area contributed by atoms with Crippen LogP contribution < -0.4 is 0 Å². The quantitative estimate of drug-likeness (QED) is 0.592. The topological polar surface area (TPSA) is 34.1 Å². The predicted octanol–water partition coefficient (Wildman–Crippen LogP) is 2.60. The Kier molecular flexibility index (Phi) is 2.93. The lowest BCUT2D eigenvalue weighted by atomic mass is 10.1. The van der Waals surface area contributed by atoms with Gasteiger partial charge in [-0.25, -0.2) is 4.39 Å². The second kappa shape index (κ2) is 3.79. The van der Waals surface area contributed by atoms with Gasteiger partial charge in [0.1, 0.15) is 5.82 Å². The van der Waals surface area contributed by atoms with Crippen LogP contribution in [0.5, 0.6) is 0 Å². The van der Waals surface area contributed by atoms with Gasteiger partial charge in [0.15, 0.2) is 12.1 Å². The van der Waals surface area contributed by atoms with Gasteiger partial charge in [-0.1, -0.05) is 15.9 Å². The Labute approximate surface area is 82.9 Å². The molecule has 0 aliphatic carbocycles. The lowest BCUT2D eigenvalue weighted by Gasteiger charge is -2.01. The monoisotopic (exact) mass is 244 g/mol. The van der Waals surface area contributed by atoms with Crippen LogP contribution in [0.25, 0.3) is 0 Å². The number of carbonyl (C=O) groups is 2. The van der Waals surface area contributed by atoms with Gasteiger partial charge in [-0.05, 0) is 19.1 Å². The van der Waals surface area contributed by atoms with Crippen LogP contribution in [0.1, 0.15) is 27.6 Å². The van der Waals surface area contributed by atoms with Crippen molar-refractivity contribution in [3.8, 4) is 0 Å². The first-order chi connectivity index (χ1) is 6.06. The van der Waals surface area contributed by atoms with Crippen molar-refractivity contribution in [2.45, 2.75) is 6.92 Å². The molecule has 0 spiro atoms. The number of carbonyl (C=O) groups excluding carboxylic acids is 2. The molecule has 0 saturated carbocycles. The summed E-state index contributed by atoms with van der Waals surface area (Å²) in [6.07, 6.45) is 0.525. The van der Waals surface area contributed by atoms with Crippen molar-refractivity contribution in [2.24, 2.45) is 0 Å². The van der Waals surface area contributed by atoms with E-state index in [1.807, 2.05) is 0 Å². The molecule has 0 aliphatic heterocycles. The second-order valence-corrected chi connectivity index (χ2v) is 3.38. The van der Waals surface area contributed by atoms with E-state index in [1.54, 1.807) is 0 Å². The molecule has 13 heavy (non-hydrogen) atoms. The maximum atomic E-state index is 13.1. The van der Waals surface area contributed by atoms with Crippen LogP contribution in [0, 0.1) is 5.82 Å². The van der Waals surface area contributed by atoms with E-state index in [0.717, 1.165) is 6.07 Å². The predicted molar refractivity (Wildman–Crippen MR) is 49.5 cm³/mol. The molecule has 0 unspecified atom stereocenters. The molecule has 68 valence electrons. The Balaban J connectivity index is 3.36. The molecule has 1 rings (SSSR count). The van der Waals surface area contributed by atoms with E-state index >= 15 is 0 Å². The summed E-state index contributed by atoms with van der Waals surface area (Å²) >= 11 is 3.06. The molecule has 0 fully saturated rings. The molecule has 0 aromatic heterocycles. The number of halogens is 2. The third kappa shape index (κ3) is 2.01. The van der Waals surface area contributed by atoms with Gasteiger partial charge in [-0.3, -0.25) is 9.59 Å². The fourth-order valence-electron chi connectivity index (χ4n) is 0.922. The molecule has 0 bridgehead atoms. The molecule has 0 saturated heterocycles. The molecule has 2 nitrogen and oxygen atoms in total. The van der Waals surface area contributed by atoms with E-state index in [2.05, 4.69) is 15.9 Å². The molecule has 0 N–H and O–H groups in total. The zero-order valence-electron chi connectivity index (χ0n) is 6.80. The second-order valence-electron chi connectivity index (χ2n) is 2.53. The van der Waals surface area contributed by atoms with Crippen LogP contribution in [0.4, 0.5) is 4.39 Å². The van der Waals surface area contributed by atoms with Crippen LogP contribution >= 0.6 is 15.9 Å². The van der Waals surface area contributed by atoms with Crippen LogP contribution in [0.15, 0.2) is 16.6 Å². The molecule has 0 atom stereocenters. The van der Waals surface area contributed by atoms with Crippen molar-refractivity contribution in [3.63, 3.8) is 0 Å². The molecule has 0 aliphatic rings. The van der Waals surface area contributed by atoms with E-state index in [4.69, 9.17) is 0 Å². The van der Waals surface area contributed by atoms with Crippen molar-refractivity contribution in [2.75, 3.05) is 0 Å². The van der Waals surface area contributed by atoms with Gasteiger partial charge in [0.25, 0.3) is 0 Å². The Hall–Kier alpha value is -1.03.